The van der Waals surface area contributed by atoms with Gasteiger partial charge in [-0.1, -0.05) is 51.0 Å². The SMILES string of the molecule is CCC/C=C(\CCC)c1cn(C(C)=O)c2ccccc12. The summed E-state index contributed by atoms with van der Waals surface area (Å²) in [4.78, 5) is 11.8. The van der Waals surface area contributed by atoms with E-state index in [4.69, 9.17) is 0 Å². The normalized spacial score (nSPS) is 12.1. The fourth-order valence-corrected chi connectivity index (χ4v) is 2.63. The molecule has 0 bridgehead atoms. The highest BCUT2D eigenvalue weighted by molar-refractivity contribution is 5.98. The molecule has 0 aliphatic heterocycles. The summed E-state index contributed by atoms with van der Waals surface area (Å²) in [5, 5.41) is 1.18. The number of carbonyl (C=O) groups is 1. The minimum Gasteiger partial charge on any atom is -0.287 e. The van der Waals surface area contributed by atoms with Crippen molar-refractivity contribution in [2.45, 2.75) is 46.5 Å². The van der Waals surface area contributed by atoms with Crippen LogP contribution in [0.4, 0.5) is 0 Å². The Labute approximate surface area is 121 Å². The molecule has 0 atom stereocenters. The van der Waals surface area contributed by atoms with Gasteiger partial charge in [-0.05, 0) is 24.5 Å². The summed E-state index contributed by atoms with van der Waals surface area (Å²) in [6.07, 6.45) is 8.76. The molecule has 2 rings (SSSR count). The molecule has 0 spiro atoms. The number of aromatic nitrogens is 1. The average molecular weight is 269 g/mol. The average Bonchev–Trinajstić information content (AvgIpc) is 2.83. The summed E-state index contributed by atoms with van der Waals surface area (Å²) >= 11 is 0. The first kappa shape index (κ1) is 14.6. The Kier molecular flexibility index (Phi) is 4.78. The van der Waals surface area contributed by atoms with Gasteiger partial charge in [-0.3, -0.25) is 9.36 Å². The first-order valence-corrected chi connectivity index (χ1v) is 7.49. The maximum atomic E-state index is 11.8. The molecule has 106 valence electrons. The third kappa shape index (κ3) is 2.84. The second-order valence-corrected chi connectivity index (χ2v) is 5.22. The largest absolute Gasteiger partial charge is 0.287 e. The van der Waals surface area contributed by atoms with Gasteiger partial charge in [0, 0.05) is 24.1 Å². The number of allylic oxidation sites excluding steroid dienone is 2. The summed E-state index contributed by atoms with van der Waals surface area (Å²) in [5.74, 6) is 0.0683. The van der Waals surface area contributed by atoms with Gasteiger partial charge < -0.3 is 0 Å². The van der Waals surface area contributed by atoms with Gasteiger partial charge >= 0.3 is 0 Å². The Morgan fingerprint density at radius 3 is 2.60 bits per heavy atom. The molecule has 0 amide bonds. The summed E-state index contributed by atoms with van der Waals surface area (Å²) in [5.41, 5.74) is 3.59. The van der Waals surface area contributed by atoms with E-state index in [0.29, 0.717) is 0 Å². The number of hydrogen-bond acceptors (Lipinski definition) is 1. The van der Waals surface area contributed by atoms with Crippen molar-refractivity contribution in [3.05, 3.63) is 42.1 Å². The van der Waals surface area contributed by atoms with Crippen molar-refractivity contribution in [1.29, 1.82) is 0 Å². The molecule has 2 heteroatoms. The van der Waals surface area contributed by atoms with Gasteiger partial charge in [0.05, 0.1) is 5.52 Å². The molecule has 0 N–H and O–H groups in total. The maximum Gasteiger partial charge on any atom is 0.227 e. The molecular weight excluding hydrogens is 246 g/mol. The molecule has 2 nitrogen and oxygen atoms in total. The zero-order valence-electron chi connectivity index (χ0n) is 12.6. The van der Waals surface area contributed by atoms with Crippen LogP contribution in [0, 0.1) is 0 Å². The van der Waals surface area contributed by atoms with E-state index in [0.717, 1.165) is 31.2 Å². The smallest absolute Gasteiger partial charge is 0.227 e. The quantitative estimate of drug-likeness (QED) is 0.723. The second-order valence-electron chi connectivity index (χ2n) is 5.22. The van der Waals surface area contributed by atoms with Crippen LogP contribution in [-0.4, -0.2) is 10.5 Å². The highest BCUT2D eigenvalue weighted by Crippen LogP contribution is 2.30. The van der Waals surface area contributed by atoms with Gasteiger partial charge in [0.1, 0.15) is 0 Å². The lowest BCUT2D eigenvalue weighted by Crippen LogP contribution is -2.02. The van der Waals surface area contributed by atoms with Crippen LogP contribution in [0.15, 0.2) is 36.5 Å². The molecule has 1 heterocycles. The second kappa shape index (κ2) is 6.56. The third-order valence-electron chi connectivity index (χ3n) is 3.60. The Morgan fingerprint density at radius 2 is 1.95 bits per heavy atom. The van der Waals surface area contributed by atoms with Crippen LogP contribution in [0.1, 0.15) is 56.8 Å². The van der Waals surface area contributed by atoms with E-state index < -0.39 is 0 Å². The summed E-state index contributed by atoms with van der Waals surface area (Å²) in [7, 11) is 0. The number of benzene rings is 1. The van der Waals surface area contributed by atoms with Crippen LogP contribution < -0.4 is 0 Å². The Morgan fingerprint density at radius 1 is 1.20 bits per heavy atom. The number of hydrogen-bond donors (Lipinski definition) is 0. The van der Waals surface area contributed by atoms with Gasteiger partial charge in [0.2, 0.25) is 5.91 Å². The number of carbonyl (C=O) groups excluding carboxylic acids is 1. The molecule has 1 aromatic carbocycles. The minimum absolute atomic E-state index is 0.0683. The zero-order chi connectivity index (χ0) is 14.5. The van der Waals surface area contributed by atoms with E-state index >= 15 is 0 Å². The molecule has 20 heavy (non-hydrogen) atoms. The topological polar surface area (TPSA) is 22.0 Å². The molecule has 0 fully saturated rings. The molecule has 2 aromatic rings. The summed E-state index contributed by atoms with van der Waals surface area (Å²) in [6.45, 7) is 6.01. The molecular formula is C18H23NO. The summed E-state index contributed by atoms with van der Waals surface area (Å²) in [6, 6.07) is 8.16. The number of unbranched alkanes of at least 4 members (excludes halogenated alkanes) is 1. The highest BCUT2D eigenvalue weighted by Gasteiger charge is 2.13. The Hall–Kier alpha value is -1.83. The van der Waals surface area contributed by atoms with Crippen LogP contribution in [0.25, 0.3) is 16.5 Å². The van der Waals surface area contributed by atoms with Crippen molar-refractivity contribution in [3.8, 4) is 0 Å². The summed E-state index contributed by atoms with van der Waals surface area (Å²) < 4.78 is 1.76. The fraction of sp³-hybridized carbons (Fsp3) is 0.389. The Bertz CT molecular complexity index is 634. The van der Waals surface area contributed by atoms with Crippen molar-refractivity contribution >= 4 is 22.4 Å². The maximum absolute atomic E-state index is 11.8. The standard InChI is InChI=1S/C18H23NO/c1-4-6-10-15(9-5-2)17-13-19(14(3)20)18-12-8-7-11-16(17)18/h7-8,10-13H,4-6,9H2,1-3H3/b15-10+. The predicted molar refractivity (Wildman–Crippen MR) is 86.0 cm³/mol. The zero-order valence-corrected chi connectivity index (χ0v) is 12.6. The van der Waals surface area contributed by atoms with Gasteiger partial charge in [-0.25, -0.2) is 0 Å². The molecule has 0 aliphatic carbocycles. The predicted octanol–water partition coefficient (Wildman–Crippen LogP) is 5.29. The number of nitrogens with zero attached hydrogens (tertiary/aromatic N) is 1. The van der Waals surface area contributed by atoms with Crippen LogP contribution in [0.2, 0.25) is 0 Å². The van der Waals surface area contributed by atoms with Gasteiger partial charge in [0.15, 0.2) is 0 Å². The number of fused-ring (bicyclic) bond motifs is 1. The van der Waals surface area contributed by atoms with E-state index in [-0.39, 0.29) is 5.91 Å². The lowest BCUT2D eigenvalue weighted by atomic mass is 9.99. The Balaban J connectivity index is 2.60. The highest BCUT2D eigenvalue weighted by atomic mass is 16.1. The molecule has 0 radical (unpaired) electrons. The van der Waals surface area contributed by atoms with Crippen LogP contribution >= 0.6 is 0 Å². The first-order valence-electron chi connectivity index (χ1n) is 7.49. The van der Waals surface area contributed by atoms with Crippen LogP contribution in [-0.2, 0) is 0 Å². The first-order chi connectivity index (χ1) is 9.69. The molecule has 0 saturated heterocycles. The van der Waals surface area contributed by atoms with Crippen molar-refractivity contribution in [3.63, 3.8) is 0 Å². The number of para-hydroxylation sites is 1. The van der Waals surface area contributed by atoms with E-state index in [9.17, 15) is 4.79 Å². The van der Waals surface area contributed by atoms with Gasteiger partial charge in [-0.15, -0.1) is 0 Å². The van der Waals surface area contributed by atoms with E-state index in [1.54, 1.807) is 11.5 Å². The molecule has 0 unspecified atom stereocenters. The van der Waals surface area contributed by atoms with Crippen LogP contribution in [0.5, 0.6) is 0 Å². The van der Waals surface area contributed by atoms with E-state index in [1.807, 2.05) is 24.4 Å². The van der Waals surface area contributed by atoms with Crippen molar-refractivity contribution in [1.82, 2.24) is 4.57 Å². The molecule has 0 aliphatic rings. The third-order valence-corrected chi connectivity index (χ3v) is 3.60. The van der Waals surface area contributed by atoms with Crippen molar-refractivity contribution in [2.75, 3.05) is 0 Å². The molecule has 1 aromatic heterocycles. The van der Waals surface area contributed by atoms with Crippen molar-refractivity contribution in [2.24, 2.45) is 0 Å². The minimum atomic E-state index is 0.0683. The lowest BCUT2D eigenvalue weighted by Gasteiger charge is -2.05. The fourth-order valence-electron chi connectivity index (χ4n) is 2.63. The number of rotatable bonds is 5. The monoisotopic (exact) mass is 269 g/mol. The van der Waals surface area contributed by atoms with Crippen LogP contribution in [0.3, 0.4) is 0 Å². The van der Waals surface area contributed by atoms with Gasteiger partial charge in [0.25, 0.3) is 0 Å². The van der Waals surface area contributed by atoms with E-state index in [2.05, 4.69) is 26.0 Å². The molecule has 0 saturated carbocycles. The van der Waals surface area contributed by atoms with E-state index in [1.165, 1.54) is 16.5 Å². The lowest BCUT2D eigenvalue weighted by molar-refractivity contribution is 0.0941. The van der Waals surface area contributed by atoms with Gasteiger partial charge in [-0.2, -0.15) is 0 Å². The van der Waals surface area contributed by atoms with Crippen molar-refractivity contribution < 1.29 is 4.79 Å².